The molecule has 216 valence electrons. The summed E-state index contributed by atoms with van der Waals surface area (Å²) in [5.74, 6) is 0.285. The molecule has 2 N–H and O–H groups in total. The zero-order chi connectivity index (χ0) is 29.1. The standard InChI is InChI=1S/C31H33N7O4/c1-20-16-22-17-23(8-10-27(22)42-20)34-31(36-29(40)21-7-9-24-26(18-21)33-12-11-32-24)35-25-6-2-3-15-38(30(25)41)19-28(39)37-13-4-5-14-37/h7-12,16-18,25H,2-6,13-15,19H2,1H3,(H2,34,35,36,40). The maximum atomic E-state index is 13.6. The summed E-state index contributed by atoms with van der Waals surface area (Å²) >= 11 is 0. The minimum atomic E-state index is -0.746. The van der Waals surface area contributed by atoms with Crippen molar-refractivity contribution in [1.82, 2.24) is 25.1 Å². The van der Waals surface area contributed by atoms with E-state index in [4.69, 9.17) is 9.41 Å². The summed E-state index contributed by atoms with van der Waals surface area (Å²) in [5.41, 5.74) is 3.07. The summed E-state index contributed by atoms with van der Waals surface area (Å²) in [5, 5.41) is 6.98. The molecule has 4 heterocycles. The number of likely N-dealkylation sites (tertiary alicyclic amines) is 2. The van der Waals surface area contributed by atoms with Crippen LogP contribution in [-0.4, -0.2) is 75.7 Å². The normalized spacial score (nSPS) is 18.0. The number of amides is 3. The first-order valence-electron chi connectivity index (χ1n) is 14.4. The molecule has 0 spiro atoms. The number of fused-ring (bicyclic) bond motifs is 2. The average Bonchev–Trinajstić information content (AvgIpc) is 3.63. The van der Waals surface area contributed by atoms with E-state index in [-0.39, 0.29) is 24.3 Å². The van der Waals surface area contributed by atoms with Crippen molar-refractivity contribution in [3.8, 4) is 0 Å². The van der Waals surface area contributed by atoms with Crippen LogP contribution in [0.25, 0.3) is 22.0 Å². The lowest BCUT2D eigenvalue weighted by molar-refractivity contribution is -0.140. The maximum absolute atomic E-state index is 13.6. The van der Waals surface area contributed by atoms with Crippen LogP contribution in [0.5, 0.6) is 0 Å². The van der Waals surface area contributed by atoms with Gasteiger partial charge in [0.1, 0.15) is 17.4 Å². The SMILES string of the molecule is Cc1cc2cc(NC(=NC3CCCCN(CC(=O)N4CCCC4)C3=O)NC(=O)c3ccc4nccnc4c3)ccc2o1. The number of furan rings is 1. The van der Waals surface area contributed by atoms with Gasteiger partial charge in [0.2, 0.25) is 17.8 Å². The number of aromatic nitrogens is 2. The van der Waals surface area contributed by atoms with Crippen molar-refractivity contribution >= 4 is 51.4 Å². The molecule has 2 saturated heterocycles. The van der Waals surface area contributed by atoms with E-state index in [1.807, 2.05) is 36.1 Å². The van der Waals surface area contributed by atoms with E-state index in [0.717, 1.165) is 55.5 Å². The van der Waals surface area contributed by atoms with E-state index in [2.05, 4.69) is 20.6 Å². The highest BCUT2D eigenvalue weighted by Gasteiger charge is 2.30. The minimum absolute atomic E-state index is 0.0276. The van der Waals surface area contributed by atoms with Gasteiger partial charge in [0, 0.05) is 48.7 Å². The van der Waals surface area contributed by atoms with Crippen LogP contribution in [0.3, 0.4) is 0 Å². The van der Waals surface area contributed by atoms with Crippen LogP contribution in [0, 0.1) is 6.92 Å². The van der Waals surface area contributed by atoms with Crippen LogP contribution in [0.15, 0.2) is 64.3 Å². The van der Waals surface area contributed by atoms with Crippen molar-refractivity contribution in [2.75, 3.05) is 31.5 Å². The number of hydrogen-bond acceptors (Lipinski definition) is 7. The predicted octanol–water partition coefficient (Wildman–Crippen LogP) is 3.89. The highest BCUT2D eigenvalue weighted by atomic mass is 16.3. The fourth-order valence-corrected chi connectivity index (χ4v) is 5.52. The second-order valence-electron chi connectivity index (χ2n) is 10.8. The van der Waals surface area contributed by atoms with E-state index in [9.17, 15) is 14.4 Å². The first kappa shape index (κ1) is 27.4. The summed E-state index contributed by atoms with van der Waals surface area (Å²) in [6, 6.07) is 11.8. The Morgan fingerprint density at radius 3 is 2.60 bits per heavy atom. The highest BCUT2D eigenvalue weighted by molar-refractivity contribution is 6.11. The molecule has 2 fully saturated rings. The Hall–Kier alpha value is -4.80. The van der Waals surface area contributed by atoms with Crippen LogP contribution < -0.4 is 10.6 Å². The van der Waals surface area contributed by atoms with Gasteiger partial charge in [-0.15, -0.1) is 0 Å². The van der Waals surface area contributed by atoms with Gasteiger partial charge in [0.05, 0.1) is 17.6 Å². The third-order valence-electron chi connectivity index (χ3n) is 7.69. The van der Waals surface area contributed by atoms with Gasteiger partial charge in [-0.1, -0.05) is 0 Å². The van der Waals surface area contributed by atoms with Gasteiger partial charge in [-0.25, -0.2) is 4.99 Å². The Labute approximate surface area is 243 Å². The van der Waals surface area contributed by atoms with Gasteiger partial charge >= 0.3 is 0 Å². The summed E-state index contributed by atoms with van der Waals surface area (Å²) in [6.07, 6.45) is 7.24. The molecule has 2 aliphatic heterocycles. The van der Waals surface area contributed by atoms with Crippen molar-refractivity contribution in [1.29, 1.82) is 0 Å². The Morgan fingerprint density at radius 1 is 0.976 bits per heavy atom. The number of hydrogen-bond donors (Lipinski definition) is 2. The topological polar surface area (TPSA) is 133 Å². The molecule has 4 aromatic rings. The average molecular weight is 568 g/mol. The molecule has 1 unspecified atom stereocenters. The lowest BCUT2D eigenvalue weighted by Crippen LogP contribution is -2.45. The molecule has 1 atom stereocenters. The zero-order valence-corrected chi connectivity index (χ0v) is 23.5. The van der Waals surface area contributed by atoms with Crippen LogP contribution in [0.2, 0.25) is 0 Å². The number of aryl methyl sites for hydroxylation is 1. The Kier molecular flexibility index (Phi) is 7.81. The first-order valence-corrected chi connectivity index (χ1v) is 14.4. The van der Waals surface area contributed by atoms with Crippen LogP contribution >= 0.6 is 0 Å². The van der Waals surface area contributed by atoms with E-state index in [1.165, 1.54) is 0 Å². The molecule has 2 aromatic heterocycles. The van der Waals surface area contributed by atoms with Crippen LogP contribution in [0.4, 0.5) is 5.69 Å². The number of anilines is 1. The molecule has 0 saturated carbocycles. The van der Waals surface area contributed by atoms with Gasteiger partial charge in [-0.3, -0.25) is 29.7 Å². The predicted molar refractivity (Wildman–Crippen MR) is 159 cm³/mol. The molecular formula is C31H33N7O4. The van der Waals surface area contributed by atoms with E-state index in [0.29, 0.717) is 35.2 Å². The number of carbonyl (C=O) groups is 3. The number of aliphatic imine (C=N–C) groups is 1. The van der Waals surface area contributed by atoms with Gasteiger partial charge in [-0.2, -0.15) is 0 Å². The number of nitrogens with one attached hydrogen (secondary N) is 2. The largest absolute Gasteiger partial charge is 0.461 e. The summed E-state index contributed by atoms with van der Waals surface area (Å²) in [4.78, 5) is 56.7. The van der Waals surface area contributed by atoms with Crippen molar-refractivity contribution in [3.63, 3.8) is 0 Å². The lowest BCUT2D eigenvalue weighted by Gasteiger charge is -2.25. The number of guanidine groups is 1. The third-order valence-corrected chi connectivity index (χ3v) is 7.69. The van der Waals surface area contributed by atoms with E-state index in [1.54, 1.807) is 35.5 Å². The summed E-state index contributed by atoms with van der Waals surface area (Å²) < 4.78 is 5.70. The van der Waals surface area contributed by atoms with Crippen molar-refractivity contribution < 1.29 is 18.8 Å². The second kappa shape index (κ2) is 12.0. The Balaban J connectivity index is 1.27. The Bertz CT molecular complexity index is 1670. The van der Waals surface area contributed by atoms with Gasteiger partial charge in [0.15, 0.2) is 0 Å². The lowest BCUT2D eigenvalue weighted by atomic mass is 10.1. The molecule has 3 amide bonds. The highest BCUT2D eigenvalue weighted by Crippen LogP contribution is 2.23. The molecule has 11 nitrogen and oxygen atoms in total. The van der Waals surface area contributed by atoms with Crippen molar-refractivity contribution in [2.45, 2.75) is 45.1 Å². The molecular weight excluding hydrogens is 534 g/mol. The molecule has 0 bridgehead atoms. The summed E-state index contributed by atoms with van der Waals surface area (Å²) in [7, 11) is 0. The van der Waals surface area contributed by atoms with Crippen molar-refractivity contribution in [3.05, 3.63) is 66.2 Å². The molecule has 2 aliphatic rings. The number of nitrogens with zero attached hydrogens (tertiary/aromatic N) is 5. The molecule has 11 heteroatoms. The van der Waals surface area contributed by atoms with E-state index < -0.39 is 11.9 Å². The second-order valence-corrected chi connectivity index (χ2v) is 10.8. The van der Waals surface area contributed by atoms with Crippen molar-refractivity contribution in [2.24, 2.45) is 4.99 Å². The van der Waals surface area contributed by atoms with Gasteiger partial charge < -0.3 is 19.5 Å². The molecule has 0 radical (unpaired) electrons. The Morgan fingerprint density at radius 2 is 1.76 bits per heavy atom. The van der Waals surface area contributed by atoms with Crippen LogP contribution in [-0.2, 0) is 9.59 Å². The third kappa shape index (κ3) is 6.09. The van der Waals surface area contributed by atoms with Crippen LogP contribution in [0.1, 0.15) is 48.2 Å². The molecule has 6 rings (SSSR count). The van der Waals surface area contributed by atoms with Gasteiger partial charge in [-0.05, 0) is 81.5 Å². The quantitative estimate of drug-likeness (QED) is 0.276. The minimum Gasteiger partial charge on any atom is -0.461 e. The number of carbonyl (C=O) groups excluding carboxylic acids is 3. The first-order chi connectivity index (χ1) is 20.4. The fraction of sp³-hybridized carbons (Fsp3) is 0.355. The van der Waals surface area contributed by atoms with Gasteiger partial charge in [0.25, 0.3) is 5.91 Å². The smallest absolute Gasteiger partial charge is 0.258 e. The molecule has 42 heavy (non-hydrogen) atoms. The molecule has 0 aliphatic carbocycles. The van der Waals surface area contributed by atoms with E-state index >= 15 is 0 Å². The molecule has 2 aromatic carbocycles. The summed E-state index contributed by atoms with van der Waals surface area (Å²) in [6.45, 7) is 3.92. The zero-order valence-electron chi connectivity index (χ0n) is 23.5. The fourth-order valence-electron chi connectivity index (χ4n) is 5.52. The monoisotopic (exact) mass is 567 g/mol. The number of rotatable bonds is 5. The maximum Gasteiger partial charge on any atom is 0.258 e. The number of benzene rings is 2.